The van der Waals surface area contributed by atoms with E-state index in [0.29, 0.717) is 49.6 Å². The number of carbonyl (C=O) groups is 1. The summed E-state index contributed by atoms with van der Waals surface area (Å²) in [5.74, 6) is 0. The average Bonchev–Trinajstić information content (AvgIpc) is 3.31. The van der Waals surface area contributed by atoms with Gasteiger partial charge in [0, 0.05) is 30.6 Å². The van der Waals surface area contributed by atoms with E-state index in [2.05, 4.69) is 5.32 Å². The molecule has 1 saturated carbocycles. The Hall–Kier alpha value is -2.13. The van der Waals surface area contributed by atoms with E-state index < -0.39 is 0 Å². The molecule has 0 atom stereocenters. The lowest BCUT2D eigenvalue weighted by molar-refractivity contribution is 0.138. The first kappa shape index (κ1) is 18.2. The Balaban J connectivity index is 1.83. The van der Waals surface area contributed by atoms with Gasteiger partial charge in [0.1, 0.15) is 4.83 Å². The lowest BCUT2D eigenvalue weighted by Gasteiger charge is -2.12. The van der Waals surface area contributed by atoms with Crippen LogP contribution < -0.4 is 16.6 Å². The van der Waals surface area contributed by atoms with Gasteiger partial charge in [-0.2, -0.15) is 0 Å². The third-order valence-corrected chi connectivity index (χ3v) is 6.50. The molecule has 1 aliphatic carbocycles. The largest absolute Gasteiger partial charge is 0.380 e. The van der Waals surface area contributed by atoms with E-state index in [4.69, 9.17) is 4.74 Å². The van der Waals surface area contributed by atoms with Crippen LogP contribution in [0.3, 0.4) is 0 Å². The standard InChI is InChI=1S/C18H24N4O4S/c1-3-26-9-8-21-16-14(15(23)22(18(21)25)12-4-5-12)11(2)13(27-16)10-20-7-6-19-17(20)24/h12H,3-10H2,1-2H3,(H,19,24). The molecule has 0 radical (unpaired) electrons. The maximum atomic E-state index is 13.1. The molecule has 1 saturated heterocycles. The number of thiophene rings is 1. The Morgan fingerprint density at radius 1 is 1.26 bits per heavy atom. The minimum atomic E-state index is -0.249. The first-order valence-corrected chi connectivity index (χ1v) is 10.2. The zero-order chi connectivity index (χ0) is 19.1. The number of carbonyl (C=O) groups excluding carboxylic acids is 1. The number of rotatable bonds is 7. The van der Waals surface area contributed by atoms with Gasteiger partial charge in [0.2, 0.25) is 0 Å². The summed E-state index contributed by atoms with van der Waals surface area (Å²) < 4.78 is 8.54. The number of hydrogen-bond acceptors (Lipinski definition) is 5. The highest BCUT2D eigenvalue weighted by Gasteiger charge is 2.31. The van der Waals surface area contributed by atoms with Crippen molar-refractivity contribution in [2.24, 2.45) is 0 Å². The summed E-state index contributed by atoms with van der Waals surface area (Å²) in [7, 11) is 0. The van der Waals surface area contributed by atoms with Crippen molar-refractivity contribution in [1.29, 1.82) is 0 Å². The number of hydrogen-bond donors (Lipinski definition) is 1. The zero-order valence-corrected chi connectivity index (χ0v) is 16.4. The number of amides is 2. The zero-order valence-electron chi connectivity index (χ0n) is 15.6. The molecule has 2 amide bonds. The molecule has 2 aliphatic rings. The van der Waals surface area contributed by atoms with Crippen LogP contribution in [0.4, 0.5) is 4.79 Å². The number of aryl methyl sites for hydroxylation is 1. The SMILES string of the molecule is CCOCCn1c(=O)n(C2CC2)c(=O)c2c(C)c(CN3CCNC3=O)sc21. The second-order valence-corrected chi connectivity index (χ2v) is 8.10. The summed E-state index contributed by atoms with van der Waals surface area (Å²) in [6.45, 7) is 7.00. The van der Waals surface area contributed by atoms with Crippen molar-refractivity contribution < 1.29 is 9.53 Å². The Bertz CT molecular complexity index is 1000. The van der Waals surface area contributed by atoms with E-state index in [1.807, 2.05) is 13.8 Å². The number of ether oxygens (including phenoxy) is 1. The molecule has 146 valence electrons. The van der Waals surface area contributed by atoms with Crippen molar-refractivity contribution in [2.75, 3.05) is 26.3 Å². The molecular weight excluding hydrogens is 368 g/mol. The molecule has 8 nitrogen and oxygen atoms in total. The maximum Gasteiger partial charge on any atom is 0.332 e. The molecule has 2 aromatic heterocycles. The molecule has 9 heteroatoms. The summed E-state index contributed by atoms with van der Waals surface area (Å²) in [5, 5.41) is 3.40. The minimum Gasteiger partial charge on any atom is -0.380 e. The molecule has 1 aliphatic heterocycles. The van der Waals surface area contributed by atoms with Gasteiger partial charge >= 0.3 is 11.7 Å². The highest BCUT2D eigenvalue weighted by atomic mass is 32.1. The van der Waals surface area contributed by atoms with E-state index in [1.165, 1.54) is 15.9 Å². The third-order valence-electron chi connectivity index (χ3n) is 5.20. The van der Waals surface area contributed by atoms with Gasteiger partial charge < -0.3 is 15.0 Å². The van der Waals surface area contributed by atoms with Crippen LogP contribution in [0.25, 0.3) is 10.2 Å². The van der Waals surface area contributed by atoms with Gasteiger partial charge in [0.25, 0.3) is 5.56 Å². The summed E-state index contributed by atoms with van der Waals surface area (Å²) in [6.07, 6.45) is 1.74. The van der Waals surface area contributed by atoms with Gasteiger partial charge in [0.15, 0.2) is 0 Å². The van der Waals surface area contributed by atoms with E-state index in [-0.39, 0.29) is 23.3 Å². The molecule has 4 rings (SSSR count). The van der Waals surface area contributed by atoms with Gasteiger partial charge in [-0.1, -0.05) is 0 Å². The fourth-order valence-corrected chi connectivity index (χ4v) is 4.88. The molecule has 27 heavy (non-hydrogen) atoms. The fraction of sp³-hybridized carbons (Fsp3) is 0.611. The first-order chi connectivity index (χ1) is 13.0. The third kappa shape index (κ3) is 3.19. The molecule has 0 bridgehead atoms. The molecular formula is C18H24N4O4S. The van der Waals surface area contributed by atoms with E-state index in [1.54, 1.807) is 9.47 Å². The molecule has 2 aromatic rings. The summed E-state index contributed by atoms with van der Waals surface area (Å²) >= 11 is 1.44. The van der Waals surface area contributed by atoms with Crippen molar-refractivity contribution in [3.8, 4) is 0 Å². The highest BCUT2D eigenvalue weighted by molar-refractivity contribution is 7.18. The average molecular weight is 392 g/mol. The number of aromatic nitrogens is 2. The summed E-state index contributed by atoms with van der Waals surface area (Å²) in [6, 6.07) is -0.0733. The van der Waals surface area contributed by atoms with Crippen molar-refractivity contribution in [3.05, 3.63) is 31.3 Å². The van der Waals surface area contributed by atoms with Gasteiger partial charge in [0.05, 0.1) is 25.1 Å². The molecule has 0 aromatic carbocycles. The van der Waals surface area contributed by atoms with Crippen LogP contribution in [0.5, 0.6) is 0 Å². The number of fused-ring (bicyclic) bond motifs is 1. The van der Waals surface area contributed by atoms with Crippen LogP contribution in [0, 0.1) is 6.92 Å². The first-order valence-electron chi connectivity index (χ1n) is 9.40. The van der Waals surface area contributed by atoms with Crippen LogP contribution in [0.15, 0.2) is 9.59 Å². The van der Waals surface area contributed by atoms with Gasteiger partial charge in [-0.3, -0.25) is 13.9 Å². The van der Waals surface area contributed by atoms with Crippen molar-refractivity contribution >= 4 is 27.6 Å². The van der Waals surface area contributed by atoms with E-state index in [9.17, 15) is 14.4 Å². The van der Waals surface area contributed by atoms with Crippen LogP contribution in [-0.2, 0) is 17.8 Å². The highest BCUT2D eigenvalue weighted by Crippen LogP contribution is 2.34. The smallest absolute Gasteiger partial charge is 0.332 e. The Morgan fingerprint density at radius 2 is 2.04 bits per heavy atom. The molecule has 3 heterocycles. The van der Waals surface area contributed by atoms with E-state index in [0.717, 1.165) is 23.3 Å². The van der Waals surface area contributed by atoms with E-state index >= 15 is 0 Å². The Morgan fingerprint density at radius 3 is 2.67 bits per heavy atom. The molecule has 2 fully saturated rings. The van der Waals surface area contributed by atoms with Gasteiger partial charge in [-0.25, -0.2) is 9.59 Å². The lowest BCUT2D eigenvalue weighted by atomic mass is 10.2. The quantitative estimate of drug-likeness (QED) is 0.723. The minimum absolute atomic E-state index is 0.0138. The maximum absolute atomic E-state index is 13.1. The van der Waals surface area contributed by atoms with Crippen molar-refractivity contribution in [2.45, 2.75) is 45.8 Å². The van der Waals surface area contributed by atoms with Gasteiger partial charge in [-0.05, 0) is 32.3 Å². The molecule has 0 unspecified atom stereocenters. The summed E-state index contributed by atoms with van der Waals surface area (Å²) in [5.41, 5.74) is 0.428. The van der Waals surface area contributed by atoms with Crippen LogP contribution in [-0.4, -0.2) is 46.4 Å². The predicted octanol–water partition coefficient (Wildman–Crippen LogP) is 1.43. The lowest BCUT2D eigenvalue weighted by Crippen LogP contribution is -2.40. The topological polar surface area (TPSA) is 85.6 Å². The number of nitrogens with zero attached hydrogens (tertiary/aromatic N) is 3. The summed E-state index contributed by atoms with van der Waals surface area (Å²) in [4.78, 5) is 41.4. The van der Waals surface area contributed by atoms with Crippen molar-refractivity contribution in [3.63, 3.8) is 0 Å². The monoisotopic (exact) mass is 392 g/mol. The second kappa shape index (κ2) is 7.12. The van der Waals surface area contributed by atoms with Crippen molar-refractivity contribution in [1.82, 2.24) is 19.4 Å². The van der Waals surface area contributed by atoms with Crippen LogP contribution in [0.1, 0.15) is 36.2 Å². The fourth-order valence-electron chi connectivity index (χ4n) is 3.55. The van der Waals surface area contributed by atoms with Crippen LogP contribution in [0.2, 0.25) is 0 Å². The predicted molar refractivity (Wildman–Crippen MR) is 104 cm³/mol. The second-order valence-electron chi connectivity index (χ2n) is 7.02. The van der Waals surface area contributed by atoms with Crippen LogP contribution >= 0.6 is 11.3 Å². The Labute approximate surface area is 160 Å². The number of nitrogens with one attached hydrogen (secondary N) is 1. The molecule has 1 N–H and O–H groups in total. The normalized spacial score (nSPS) is 17.1. The Kier molecular flexibility index (Phi) is 4.81. The van der Waals surface area contributed by atoms with Gasteiger partial charge in [-0.15, -0.1) is 11.3 Å². The number of urea groups is 1. The molecule has 0 spiro atoms.